The Bertz CT molecular complexity index is 843. The zero-order valence-electron chi connectivity index (χ0n) is 13.7. The van der Waals surface area contributed by atoms with E-state index in [1.165, 1.54) is 16.3 Å². The van der Waals surface area contributed by atoms with Crippen molar-refractivity contribution in [3.63, 3.8) is 0 Å². The van der Waals surface area contributed by atoms with E-state index in [-0.39, 0.29) is 18.2 Å². The minimum atomic E-state index is -0.353. The van der Waals surface area contributed by atoms with Crippen molar-refractivity contribution in [1.29, 1.82) is 0 Å². The van der Waals surface area contributed by atoms with Crippen LogP contribution in [0.2, 0.25) is 0 Å². The summed E-state index contributed by atoms with van der Waals surface area (Å²) in [5.74, 6) is -0.471. The molecule has 124 valence electrons. The van der Waals surface area contributed by atoms with Gasteiger partial charge in [0.25, 0.3) is 5.91 Å². The van der Waals surface area contributed by atoms with Crippen LogP contribution >= 0.6 is 11.3 Å². The van der Waals surface area contributed by atoms with E-state index in [0.29, 0.717) is 23.0 Å². The highest BCUT2D eigenvalue weighted by Gasteiger charge is 2.27. The first-order valence-corrected chi connectivity index (χ1v) is 8.35. The molecule has 0 saturated carbocycles. The van der Waals surface area contributed by atoms with Crippen molar-refractivity contribution in [2.75, 3.05) is 10.3 Å². The SMILES string of the molecule is Cc1ccc(C)c(N2N=C(C(=O)Nc3nnc(C)s3)CCC2=O)c1. The second-order valence-electron chi connectivity index (χ2n) is 5.62. The first-order chi connectivity index (χ1) is 11.4. The van der Waals surface area contributed by atoms with Gasteiger partial charge in [-0.2, -0.15) is 5.10 Å². The van der Waals surface area contributed by atoms with Gasteiger partial charge in [0.15, 0.2) is 0 Å². The van der Waals surface area contributed by atoms with Crippen molar-refractivity contribution in [3.05, 3.63) is 34.3 Å². The molecule has 0 atom stereocenters. The lowest BCUT2D eigenvalue weighted by molar-refractivity contribution is -0.118. The van der Waals surface area contributed by atoms with Crippen molar-refractivity contribution >= 4 is 39.7 Å². The lowest BCUT2D eigenvalue weighted by Crippen LogP contribution is -2.36. The molecule has 0 fully saturated rings. The van der Waals surface area contributed by atoms with Crippen LogP contribution in [0, 0.1) is 20.8 Å². The lowest BCUT2D eigenvalue weighted by Gasteiger charge is -2.24. The van der Waals surface area contributed by atoms with Crippen LogP contribution in [-0.4, -0.2) is 27.7 Å². The number of carbonyl (C=O) groups is 2. The van der Waals surface area contributed by atoms with Crippen LogP contribution in [0.25, 0.3) is 0 Å². The van der Waals surface area contributed by atoms with E-state index in [9.17, 15) is 9.59 Å². The lowest BCUT2D eigenvalue weighted by atomic mass is 10.1. The first-order valence-electron chi connectivity index (χ1n) is 7.53. The van der Waals surface area contributed by atoms with Gasteiger partial charge < -0.3 is 0 Å². The molecular weight excluding hydrogens is 326 g/mol. The Kier molecular flexibility index (Phi) is 4.39. The highest BCUT2D eigenvalue weighted by molar-refractivity contribution is 7.15. The van der Waals surface area contributed by atoms with Gasteiger partial charge in [0, 0.05) is 12.8 Å². The third-order valence-corrected chi connectivity index (χ3v) is 4.39. The van der Waals surface area contributed by atoms with Gasteiger partial charge in [0.05, 0.1) is 5.69 Å². The third kappa shape index (κ3) is 3.33. The normalized spacial score (nSPS) is 14.5. The average molecular weight is 343 g/mol. The number of aryl methyl sites for hydroxylation is 3. The van der Waals surface area contributed by atoms with Gasteiger partial charge in [-0.25, -0.2) is 5.01 Å². The first kappa shape index (κ1) is 16.3. The fourth-order valence-electron chi connectivity index (χ4n) is 2.37. The van der Waals surface area contributed by atoms with Gasteiger partial charge in [-0.15, -0.1) is 10.2 Å². The van der Waals surface area contributed by atoms with Crippen molar-refractivity contribution in [2.45, 2.75) is 33.6 Å². The molecule has 1 N–H and O–H groups in total. The number of aromatic nitrogens is 2. The summed E-state index contributed by atoms with van der Waals surface area (Å²) in [5.41, 5.74) is 2.97. The number of nitrogens with zero attached hydrogens (tertiary/aromatic N) is 4. The second kappa shape index (κ2) is 6.48. The highest BCUT2D eigenvalue weighted by atomic mass is 32.1. The molecule has 0 radical (unpaired) electrons. The fraction of sp³-hybridized carbons (Fsp3) is 0.312. The smallest absolute Gasteiger partial charge is 0.273 e. The quantitative estimate of drug-likeness (QED) is 0.928. The molecule has 2 amide bonds. The number of rotatable bonds is 3. The molecule has 0 bridgehead atoms. The molecule has 8 heteroatoms. The third-order valence-electron chi connectivity index (χ3n) is 3.63. The largest absolute Gasteiger partial charge is 0.295 e. The molecule has 0 saturated heterocycles. The number of benzene rings is 1. The van der Waals surface area contributed by atoms with E-state index in [4.69, 9.17) is 0 Å². The van der Waals surface area contributed by atoms with Gasteiger partial charge in [-0.3, -0.25) is 14.9 Å². The van der Waals surface area contributed by atoms with Gasteiger partial charge in [0.2, 0.25) is 11.0 Å². The number of hydrogen-bond donors (Lipinski definition) is 1. The summed E-state index contributed by atoms with van der Waals surface area (Å²) in [7, 11) is 0. The van der Waals surface area contributed by atoms with E-state index in [1.54, 1.807) is 0 Å². The molecule has 1 aliphatic rings. The number of amides is 2. The Morgan fingerprint density at radius 1 is 1.21 bits per heavy atom. The Morgan fingerprint density at radius 3 is 2.71 bits per heavy atom. The Morgan fingerprint density at radius 2 is 2.00 bits per heavy atom. The second-order valence-corrected chi connectivity index (χ2v) is 6.80. The Balaban J connectivity index is 1.87. The number of nitrogens with one attached hydrogen (secondary N) is 1. The summed E-state index contributed by atoms with van der Waals surface area (Å²) in [6.45, 7) is 5.68. The van der Waals surface area contributed by atoms with Crippen molar-refractivity contribution in [3.8, 4) is 0 Å². The van der Waals surface area contributed by atoms with Crippen LogP contribution in [0.5, 0.6) is 0 Å². The summed E-state index contributed by atoms with van der Waals surface area (Å²) >= 11 is 1.29. The maximum atomic E-state index is 12.4. The molecule has 7 nitrogen and oxygen atoms in total. The van der Waals surface area contributed by atoms with Crippen LogP contribution < -0.4 is 10.3 Å². The number of anilines is 2. The predicted octanol–water partition coefficient (Wildman–Crippen LogP) is 2.58. The van der Waals surface area contributed by atoms with Gasteiger partial charge in [-0.1, -0.05) is 23.5 Å². The summed E-state index contributed by atoms with van der Waals surface area (Å²) in [6, 6.07) is 5.81. The maximum absolute atomic E-state index is 12.4. The molecular formula is C16H17N5O2S. The number of carbonyl (C=O) groups excluding carboxylic acids is 2. The summed E-state index contributed by atoms with van der Waals surface area (Å²) in [6.07, 6.45) is 0.554. The topological polar surface area (TPSA) is 87.6 Å². The molecule has 0 unspecified atom stereocenters. The summed E-state index contributed by atoms with van der Waals surface area (Å²) in [4.78, 5) is 24.6. The highest BCUT2D eigenvalue weighted by Crippen LogP contribution is 2.25. The van der Waals surface area contributed by atoms with Crippen molar-refractivity contribution < 1.29 is 9.59 Å². The van der Waals surface area contributed by atoms with E-state index in [1.807, 2.05) is 39.0 Å². The zero-order valence-corrected chi connectivity index (χ0v) is 14.5. The molecule has 3 rings (SSSR count). The summed E-state index contributed by atoms with van der Waals surface area (Å²) < 4.78 is 0. The van der Waals surface area contributed by atoms with Gasteiger partial charge in [-0.05, 0) is 38.0 Å². The van der Waals surface area contributed by atoms with Crippen LogP contribution in [0.1, 0.15) is 29.0 Å². The standard InChI is InChI=1S/C16H17N5O2S/c1-9-4-5-10(2)13(8-9)21-14(22)7-6-12(20-21)15(23)17-16-19-18-11(3)24-16/h4-5,8H,6-7H2,1-3H3,(H,17,19,23). The Labute approximate surface area is 143 Å². The maximum Gasteiger partial charge on any atom is 0.273 e. The monoisotopic (exact) mass is 343 g/mol. The van der Waals surface area contributed by atoms with Crippen molar-refractivity contribution in [2.24, 2.45) is 5.10 Å². The molecule has 1 aromatic carbocycles. The van der Waals surface area contributed by atoms with Crippen LogP contribution in [0.15, 0.2) is 23.3 Å². The minimum Gasteiger partial charge on any atom is -0.295 e. The minimum absolute atomic E-state index is 0.119. The Hall–Kier alpha value is -2.61. The van der Waals surface area contributed by atoms with Crippen LogP contribution in [-0.2, 0) is 9.59 Å². The number of hydrazone groups is 1. The van der Waals surface area contributed by atoms with Crippen LogP contribution in [0.3, 0.4) is 0 Å². The molecule has 1 aliphatic heterocycles. The van der Waals surface area contributed by atoms with E-state index < -0.39 is 0 Å². The molecule has 0 aliphatic carbocycles. The fourth-order valence-corrected chi connectivity index (χ4v) is 2.96. The summed E-state index contributed by atoms with van der Waals surface area (Å²) in [5, 5.41) is 17.2. The van der Waals surface area contributed by atoms with Crippen LogP contribution in [0.4, 0.5) is 10.8 Å². The zero-order chi connectivity index (χ0) is 17.3. The average Bonchev–Trinajstić information content (AvgIpc) is 2.95. The van der Waals surface area contributed by atoms with Crippen molar-refractivity contribution in [1.82, 2.24) is 10.2 Å². The van der Waals surface area contributed by atoms with E-state index in [0.717, 1.165) is 16.1 Å². The predicted molar refractivity (Wildman–Crippen MR) is 93.3 cm³/mol. The molecule has 1 aromatic heterocycles. The molecule has 24 heavy (non-hydrogen) atoms. The van der Waals surface area contributed by atoms with Gasteiger partial charge >= 0.3 is 0 Å². The molecule has 2 aromatic rings. The van der Waals surface area contributed by atoms with Gasteiger partial charge in [0.1, 0.15) is 10.7 Å². The van der Waals surface area contributed by atoms with E-state index in [2.05, 4.69) is 20.6 Å². The number of hydrogen-bond acceptors (Lipinski definition) is 6. The molecule has 0 spiro atoms. The van der Waals surface area contributed by atoms with E-state index >= 15 is 0 Å². The molecule has 2 heterocycles.